The third kappa shape index (κ3) is 3.59. The summed E-state index contributed by atoms with van der Waals surface area (Å²) in [5, 5.41) is 4.16. The topological polar surface area (TPSA) is 58.0 Å². The van der Waals surface area contributed by atoms with E-state index in [0.29, 0.717) is 6.54 Å². The minimum atomic E-state index is 0.0320. The molecule has 0 radical (unpaired) electrons. The van der Waals surface area contributed by atoms with E-state index >= 15 is 0 Å². The first kappa shape index (κ1) is 17.2. The molecule has 142 valence electrons. The number of ether oxygens (including phenoxy) is 1. The van der Waals surface area contributed by atoms with Crippen molar-refractivity contribution >= 4 is 28.9 Å². The molecule has 1 aromatic heterocycles. The Morgan fingerprint density at radius 1 is 1.19 bits per heavy atom. The summed E-state index contributed by atoms with van der Waals surface area (Å²) in [6.07, 6.45) is 4.06. The second kappa shape index (κ2) is 7.22. The van der Waals surface area contributed by atoms with Crippen molar-refractivity contribution in [3.63, 3.8) is 0 Å². The van der Waals surface area contributed by atoms with Crippen molar-refractivity contribution in [3.8, 4) is 0 Å². The van der Waals surface area contributed by atoms with E-state index in [1.54, 1.807) is 18.2 Å². The van der Waals surface area contributed by atoms with Crippen LogP contribution < -0.4 is 5.32 Å². The van der Waals surface area contributed by atoms with Gasteiger partial charge in [-0.1, -0.05) is 0 Å². The number of hydrogen-bond acceptors (Lipinski definition) is 5. The van der Waals surface area contributed by atoms with Crippen LogP contribution in [0.25, 0.3) is 11.0 Å². The number of carbonyl (C=O) groups is 1. The molecular formula is C20H23N3O3S. The van der Waals surface area contributed by atoms with Crippen LogP contribution in [0.3, 0.4) is 0 Å². The lowest BCUT2D eigenvalue weighted by Crippen LogP contribution is -2.43. The molecule has 0 saturated carbocycles. The standard InChI is InChI=1S/C20H23N3O3S/c24-20(21-9-17-2-1-6-25-17)22-10-15-12-23(13-16(15)11-22)27-18-3-4-19-14(8-18)5-7-26-19/h3-5,7-8,17H,1-2,6,9-13H2,(H,21,24). The molecule has 2 amide bonds. The zero-order valence-corrected chi connectivity index (χ0v) is 16.0. The number of nitrogens with one attached hydrogen (secondary N) is 1. The zero-order valence-electron chi connectivity index (χ0n) is 15.1. The van der Waals surface area contributed by atoms with Gasteiger partial charge in [0.15, 0.2) is 0 Å². The van der Waals surface area contributed by atoms with Gasteiger partial charge in [0.25, 0.3) is 0 Å². The molecule has 1 atom stereocenters. The van der Waals surface area contributed by atoms with Gasteiger partial charge in [0, 0.05) is 49.6 Å². The molecule has 2 aromatic rings. The second-order valence-corrected chi connectivity index (χ2v) is 8.56. The first-order valence-electron chi connectivity index (χ1n) is 9.49. The summed E-state index contributed by atoms with van der Waals surface area (Å²) >= 11 is 1.78. The average molecular weight is 385 g/mol. The quantitative estimate of drug-likeness (QED) is 0.647. The highest BCUT2D eigenvalue weighted by atomic mass is 32.2. The number of nitrogens with zero attached hydrogens (tertiary/aromatic N) is 2. The van der Waals surface area contributed by atoms with Gasteiger partial charge >= 0.3 is 6.03 Å². The van der Waals surface area contributed by atoms with Gasteiger partial charge in [-0.2, -0.15) is 0 Å². The van der Waals surface area contributed by atoms with Crippen LogP contribution in [0.5, 0.6) is 0 Å². The maximum absolute atomic E-state index is 12.4. The molecule has 3 aliphatic rings. The van der Waals surface area contributed by atoms with Gasteiger partial charge in [-0.05, 0) is 60.2 Å². The minimum absolute atomic E-state index is 0.0320. The summed E-state index contributed by atoms with van der Waals surface area (Å²) in [6.45, 7) is 4.76. The van der Waals surface area contributed by atoms with E-state index in [2.05, 4.69) is 21.8 Å². The monoisotopic (exact) mass is 385 g/mol. The molecule has 7 heteroatoms. The maximum atomic E-state index is 12.4. The van der Waals surface area contributed by atoms with E-state index in [0.717, 1.165) is 56.6 Å². The fourth-order valence-corrected chi connectivity index (χ4v) is 5.07. The Balaban J connectivity index is 1.12. The van der Waals surface area contributed by atoms with E-state index in [4.69, 9.17) is 9.15 Å². The molecule has 3 aliphatic heterocycles. The highest BCUT2D eigenvalue weighted by Crippen LogP contribution is 2.34. The predicted molar refractivity (Wildman–Crippen MR) is 105 cm³/mol. The van der Waals surface area contributed by atoms with Gasteiger partial charge in [0.05, 0.1) is 12.4 Å². The van der Waals surface area contributed by atoms with E-state index in [9.17, 15) is 4.79 Å². The van der Waals surface area contributed by atoms with Crippen molar-refractivity contribution in [1.29, 1.82) is 0 Å². The number of carbonyl (C=O) groups excluding carboxylic acids is 1. The number of rotatable bonds is 4. The molecule has 0 bridgehead atoms. The van der Waals surface area contributed by atoms with Crippen molar-refractivity contribution in [2.24, 2.45) is 0 Å². The van der Waals surface area contributed by atoms with Gasteiger partial charge in [-0.15, -0.1) is 0 Å². The summed E-state index contributed by atoms with van der Waals surface area (Å²) in [5.74, 6) is 0. The molecule has 5 rings (SSSR count). The van der Waals surface area contributed by atoms with Gasteiger partial charge in [0.1, 0.15) is 5.58 Å². The van der Waals surface area contributed by atoms with Gasteiger partial charge in [0.2, 0.25) is 0 Å². The Morgan fingerprint density at radius 2 is 2.04 bits per heavy atom. The van der Waals surface area contributed by atoms with Crippen molar-refractivity contribution < 1.29 is 13.9 Å². The molecule has 27 heavy (non-hydrogen) atoms. The molecule has 0 spiro atoms. The molecular weight excluding hydrogens is 362 g/mol. The number of hydrogen-bond donors (Lipinski definition) is 1. The van der Waals surface area contributed by atoms with E-state index in [-0.39, 0.29) is 12.1 Å². The van der Waals surface area contributed by atoms with Crippen LogP contribution in [0.1, 0.15) is 12.8 Å². The highest BCUT2D eigenvalue weighted by Gasteiger charge is 2.32. The summed E-state index contributed by atoms with van der Waals surface area (Å²) in [6, 6.07) is 8.32. The molecule has 6 nitrogen and oxygen atoms in total. The number of fused-ring (bicyclic) bond motifs is 1. The van der Waals surface area contributed by atoms with Crippen LogP contribution in [-0.4, -0.2) is 60.7 Å². The largest absolute Gasteiger partial charge is 0.464 e. The molecule has 4 heterocycles. The Kier molecular flexibility index (Phi) is 4.59. The zero-order chi connectivity index (χ0) is 18.2. The lowest BCUT2D eigenvalue weighted by atomic mass is 10.2. The van der Waals surface area contributed by atoms with Crippen LogP contribution in [0.2, 0.25) is 0 Å². The Hall–Kier alpha value is -1.96. The fourth-order valence-electron chi connectivity index (χ4n) is 4.02. The van der Waals surface area contributed by atoms with Crippen molar-refractivity contribution in [2.45, 2.75) is 23.8 Å². The molecule has 1 unspecified atom stereocenters. The molecule has 1 N–H and O–H groups in total. The summed E-state index contributed by atoms with van der Waals surface area (Å²) in [4.78, 5) is 15.5. The Labute approximate surface area is 162 Å². The number of amides is 2. The first-order valence-corrected chi connectivity index (χ1v) is 10.3. The van der Waals surface area contributed by atoms with E-state index in [1.807, 2.05) is 17.0 Å². The molecule has 1 saturated heterocycles. The van der Waals surface area contributed by atoms with Crippen LogP contribution in [0, 0.1) is 0 Å². The SMILES string of the molecule is O=C(NCC1CCCO1)N1CC2=C(CN(Sc3ccc4occc4c3)C2)C1. The third-order valence-electron chi connectivity index (χ3n) is 5.45. The summed E-state index contributed by atoms with van der Waals surface area (Å²) in [5.41, 5.74) is 3.70. The third-order valence-corrected chi connectivity index (χ3v) is 6.43. The Bertz CT molecular complexity index is 869. The number of urea groups is 1. The van der Waals surface area contributed by atoms with Gasteiger partial charge in [-0.3, -0.25) is 0 Å². The predicted octanol–water partition coefficient (Wildman–Crippen LogP) is 3.26. The molecule has 1 fully saturated rings. The lowest BCUT2D eigenvalue weighted by Gasteiger charge is -2.23. The molecule has 0 aliphatic carbocycles. The number of furan rings is 1. The van der Waals surface area contributed by atoms with Crippen LogP contribution in [-0.2, 0) is 4.74 Å². The summed E-state index contributed by atoms with van der Waals surface area (Å²) in [7, 11) is 0. The second-order valence-electron chi connectivity index (χ2n) is 7.39. The van der Waals surface area contributed by atoms with Crippen LogP contribution in [0.4, 0.5) is 4.79 Å². The fraction of sp³-hybridized carbons (Fsp3) is 0.450. The Morgan fingerprint density at radius 3 is 2.81 bits per heavy atom. The van der Waals surface area contributed by atoms with Crippen LogP contribution in [0.15, 0.2) is 51.0 Å². The van der Waals surface area contributed by atoms with Gasteiger partial charge in [-0.25, -0.2) is 9.10 Å². The van der Waals surface area contributed by atoms with Crippen molar-refractivity contribution in [3.05, 3.63) is 41.7 Å². The normalized spacial score (nSPS) is 22.8. The highest BCUT2D eigenvalue weighted by molar-refractivity contribution is 7.97. The maximum Gasteiger partial charge on any atom is 0.318 e. The number of benzene rings is 1. The minimum Gasteiger partial charge on any atom is -0.464 e. The lowest BCUT2D eigenvalue weighted by molar-refractivity contribution is 0.109. The van der Waals surface area contributed by atoms with Gasteiger partial charge < -0.3 is 19.4 Å². The van der Waals surface area contributed by atoms with E-state index in [1.165, 1.54) is 16.0 Å². The first-order chi connectivity index (χ1) is 13.2. The average Bonchev–Trinajstić information content (AvgIpc) is 3.42. The van der Waals surface area contributed by atoms with Crippen molar-refractivity contribution in [2.75, 3.05) is 39.3 Å². The van der Waals surface area contributed by atoms with E-state index < -0.39 is 0 Å². The van der Waals surface area contributed by atoms with Crippen molar-refractivity contribution in [1.82, 2.24) is 14.5 Å². The van der Waals surface area contributed by atoms with Crippen LogP contribution >= 0.6 is 11.9 Å². The summed E-state index contributed by atoms with van der Waals surface area (Å²) < 4.78 is 13.4. The molecule has 1 aromatic carbocycles. The smallest absolute Gasteiger partial charge is 0.318 e.